The number of carbonyl (C=O) groups excluding carboxylic acids is 2. The lowest BCUT2D eigenvalue weighted by Gasteiger charge is -2.11. The summed E-state index contributed by atoms with van der Waals surface area (Å²) in [6.45, 7) is 0.211. The van der Waals surface area contributed by atoms with Crippen LogP contribution < -0.4 is 5.32 Å². The van der Waals surface area contributed by atoms with Crippen LogP contribution >= 0.6 is 15.9 Å². The van der Waals surface area contributed by atoms with Gasteiger partial charge in [0.1, 0.15) is 17.2 Å². The van der Waals surface area contributed by atoms with Crippen molar-refractivity contribution in [1.29, 1.82) is 0 Å². The maximum Gasteiger partial charge on any atom is 0.329 e. The van der Waals surface area contributed by atoms with Gasteiger partial charge < -0.3 is 9.73 Å². The number of nitrogens with one attached hydrogen (secondary N) is 1. The van der Waals surface area contributed by atoms with Gasteiger partial charge in [-0.25, -0.2) is 4.79 Å². The Kier molecular flexibility index (Phi) is 4.64. The summed E-state index contributed by atoms with van der Waals surface area (Å²) < 4.78 is 6.72. The van der Waals surface area contributed by atoms with Crippen molar-refractivity contribution in [3.63, 3.8) is 0 Å². The predicted molar refractivity (Wildman–Crippen MR) is 105 cm³/mol. The molecule has 2 heterocycles. The number of rotatable bonds is 4. The van der Waals surface area contributed by atoms with Crippen LogP contribution in [-0.2, 0) is 11.3 Å². The Morgan fingerprint density at radius 2 is 1.70 bits per heavy atom. The smallest absolute Gasteiger partial charge is 0.329 e. The molecule has 0 radical (unpaired) electrons. The molecular formula is C21H15BrN2O3. The molecule has 134 valence electrons. The van der Waals surface area contributed by atoms with Gasteiger partial charge in [-0.05, 0) is 29.8 Å². The molecule has 0 unspecified atom stereocenters. The lowest BCUT2D eigenvalue weighted by atomic mass is 10.2. The number of benzene rings is 2. The number of urea groups is 1. The molecule has 1 saturated heterocycles. The highest BCUT2D eigenvalue weighted by molar-refractivity contribution is 9.10. The molecule has 1 aliphatic heterocycles. The van der Waals surface area contributed by atoms with Crippen LogP contribution in [0.5, 0.6) is 0 Å². The Morgan fingerprint density at radius 3 is 2.44 bits per heavy atom. The molecule has 27 heavy (non-hydrogen) atoms. The molecule has 1 aromatic heterocycles. The van der Waals surface area contributed by atoms with Crippen molar-refractivity contribution in [2.24, 2.45) is 0 Å². The number of carbonyl (C=O) groups is 2. The van der Waals surface area contributed by atoms with Gasteiger partial charge >= 0.3 is 6.03 Å². The average molecular weight is 423 g/mol. The Morgan fingerprint density at radius 1 is 0.963 bits per heavy atom. The van der Waals surface area contributed by atoms with Crippen LogP contribution in [0.1, 0.15) is 11.3 Å². The average Bonchev–Trinajstić information content (AvgIpc) is 3.25. The van der Waals surface area contributed by atoms with E-state index in [9.17, 15) is 9.59 Å². The Labute approximate surface area is 164 Å². The van der Waals surface area contributed by atoms with Gasteiger partial charge in [-0.2, -0.15) is 0 Å². The first-order valence-corrected chi connectivity index (χ1v) is 9.14. The minimum atomic E-state index is -0.441. The van der Waals surface area contributed by atoms with E-state index in [4.69, 9.17) is 4.42 Å². The molecule has 0 spiro atoms. The van der Waals surface area contributed by atoms with Crippen molar-refractivity contribution in [3.8, 4) is 11.3 Å². The van der Waals surface area contributed by atoms with Gasteiger partial charge in [0.2, 0.25) is 0 Å². The summed E-state index contributed by atoms with van der Waals surface area (Å²) in [7, 11) is 0. The zero-order valence-electron chi connectivity index (χ0n) is 14.2. The van der Waals surface area contributed by atoms with Crippen molar-refractivity contribution < 1.29 is 14.0 Å². The van der Waals surface area contributed by atoms with Gasteiger partial charge in [0, 0.05) is 16.1 Å². The molecule has 1 aliphatic rings. The van der Waals surface area contributed by atoms with E-state index in [1.54, 1.807) is 12.1 Å². The molecule has 0 atom stereocenters. The number of furan rings is 1. The van der Waals surface area contributed by atoms with E-state index in [1.807, 2.05) is 60.7 Å². The number of amides is 3. The molecule has 2 aromatic carbocycles. The predicted octanol–water partition coefficient (Wildman–Crippen LogP) is 4.80. The van der Waals surface area contributed by atoms with E-state index in [2.05, 4.69) is 21.2 Å². The topological polar surface area (TPSA) is 62.6 Å². The summed E-state index contributed by atoms with van der Waals surface area (Å²) in [5.41, 5.74) is 2.01. The lowest BCUT2D eigenvalue weighted by Crippen LogP contribution is -2.30. The lowest BCUT2D eigenvalue weighted by molar-refractivity contribution is -0.123. The third-order valence-corrected chi connectivity index (χ3v) is 4.72. The Hall–Kier alpha value is -3.12. The quantitative estimate of drug-likeness (QED) is 0.484. The van der Waals surface area contributed by atoms with Crippen molar-refractivity contribution in [1.82, 2.24) is 10.2 Å². The molecule has 1 N–H and O–H groups in total. The number of hydrogen-bond donors (Lipinski definition) is 1. The van der Waals surface area contributed by atoms with Crippen molar-refractivity contribution in [2.45, 2.75) is 6.54 Å². The molecule has 1 fully saturated rings. The molecule has 5 nitrogen and oxygen atoms in total. The number of imide groups is 1. The second-order valence-electron chi connectivity index (χ2n) is 6.07. The summed E-state index contributed by atoms with van der Waals surface area (Å²) in [5.74, 6) is 0.828. The highest BCUT2D eigenvalue weighted by Gasteiger charge is 2.33. The second kappa shape index (κ2) is 7.25. The zero-order chi connectivity index (χ0) is 18.8. The molecular weight excluding hydrogens is 408 g/mol. The Balaban J connectivity index is 1.53. The largest absolute Gasteiger partial charge is 0.457 e. The third kappa shape index (κ3) is 3.71. The first-order valence-electron chi connectivity index (χ1n) is 8.34. The number of hydrogen-bond acceptors (Lipinski definition) is 3. The standard InChI is InChI=1S/C21H15BrN2O3/c22-16-8-6-14(7-9-16)13-24-20(25)18(23-21(24)26)12-17-10-11-19(27-17)15-4-2-1-3-5-15/h1-12H,13H2,(H,23,26)/b18-12+. The van der Waals surface area contributed by atoms with E-state index in [0.29, 0.717) is 11.5 Å². The van der Waals surface area contributed by atoms with Gasteiger partial charge in [0.15, 0.2) is 0 Å². The van der Waals surface area contributed by atoms with Crippen LogP contribution in [-0.4, -0.2) is 16.8 Å². The number of nitrogens with zero attached hydrogens (tertiary/aromatic N) is 1. The minimum Gasteiger partial charge on any atom is -0.457 e. The van der Waals surface area contributed by atoms with Crippen LogP contribution in [0, 0.1) is 0 Å². The maximum atomic E-state index is 12.6. The van der Waals surface area contributed by atoms with E-state index in [-0.39, 0.29) is 18.1 Å². The first kappa shape index (κ1) is 17.3. The Bertz CT molecular complexity index is 1020. The zero-order valence-corrected chi connectivity index (χ0v) is 15.8. The van der Waals surface area contributed by atoms with Gasteiger partial charge in [-0.1, -0.05) is 58.4 Å². The fourth-order valence-corrected chi connectivity index (χ4v) is 3.08. The monoisotopic (exact) mass is 422 g/mol. The van der Waals surface area contributed by atoms with Crippen LogP contribution in [0.25, 0.3) is 17.4 Å². The van der Waals surface area contributed by atoms with Crippen LogP contribution in [0.15, 0.2) is 81.3 Å². The molecule has 0 saturated carbocycles. The summed E-state index contributed by atoms with van der Waals surface area (Å²) in [4.78, 5) is 26.0. The maximum absolute atomic E-state index is 12.6. The normalized spacial score (nSPS) is 15.4. The van der Waals surface area contributed by atoms with Crippen LogP contribution in [0.4, 0.5) is 4.79 Å². The van der Waals surface area contributed by atoms with Crippen LogP contribution in [0.2, 0.25) is 0 Å². The molecule has 0 bridgehead atoms. The molecule has 3 amide bonds. The number of halogens is 1. The highest BCUT2D eigenvalue weighted by atomic mass is 79.9. The summed E-state index contributed by atoms with van der Waals surface area (Å²) in [5, 5.41) is 2.61. The first-order chi connectivity index (χ1) is 13.1. The van der Waals surface area contributed by atoms with Crippen molar-refractivity contribution in [3.05, 3.63) is 88.2 Å². The third-order valence-electron chi connectivity index (χ3n) is 4.19. The minimum absolute atomic E-state index is 0.200. The fourth-order valence-electron chi connectivity index (χ4n) is 2.82. The van der Waals surface area contributed by atoms with Crippen LogP contribution in [0.3, 0.4) is 0 Å². The molecule has 3 aromatic rings. The fraction of sp³-hybridized carbons (Fsp3) is 0.0476. The van der Waals surface area contributed by atoms with Crippen molar-refractivity contribution >= 4 is 33.9 Å². The van der Waals surface area contributed by atoms with Gasteiger partial charge in [0.25, 0.3) is 5.91 Å². The van der Waals surface area contributed by atoms with Gasteiger partial charge in [-0.3, -0.25) is 9.69 Å². The van der Waals surface area contributed by atoms with E-state index in [0.717, 1.165) is 15.6 Å². The highest BCUT2D eigenvalue weighted by Crippen LogP contribution is 2.24. The molecule has 6 heteroatoms. The van der Waals surface area contributed by atoms with E-state index >= 15 is 0 Å². The molecule has 4 rings (SSSR count). The SMILES string of the molecule is O=C1N/C(=C/c2ccc(-c3ccccc3)o2)C(=O)N1Cc1ccc(Br)cc1. The second-order valence-corrected chi connectivity index (χ2v) is 6.99. The van der Waals surface area contributed by atoms with Gasteiger partial charge in [-0.15, -0.1) is 0 Å². The van der Waals surface area contributed by atoms with E-state index in [1.165, 1.54) is 4.90 Å². The summed E-state index contributed by atoms with van der Waals surface area (Å²) in [6.07, 6.45) is 1.55. The summed E-state index contributed by atoms with van der Waals surface area (Å²) >= 11 is 3.37. The van der Waals surface area contributed by atoms with Gasteiger partial charge in [0.05, 0.1) is 6.54 Å². The van der Waals surface area contributed by atoms with Crippen molar-refractivity contribution in [2.75, 3.05) is 0 Å². The van der Waals surface area contributed by atoms with E-state index < -0.39 is 6.03 Å². The summed E-state index contributed by atoms with van der Waals surface area (Å²) in [6, 6.07) is 20.3. The molecule has 0 aliphatic carbocycles.